The van der Waals surface area contributed by atoms with Crippen molar-refractivity contribution < 1.29 is 0 Å². The number of nitrogens with one attached hydrogen (secondary N) is 1. The van der Waals surface area contributed by atoms with Gasteiger partial charge < -0.3 is 4.98 Å². The van der Waals surface area contributed by atoms with Crippen molar-refractivity contribution in [3.8, 4) is 0 Å². The summed E-state index contributed by atoms with van der Waals surface area (Å²) in [5.41, 5.74) is 3.30. The average molecular weight is 262 g/mol. The highest BCUT2D eigenvalue weighted by molar-refractivity contribution is 6.31. The third-order valence-corrected chi connectivity index (χ3v) is 4.09. The van der Waals surface area contributed by atoms with Gasteiger partial charge in [-0.1, -0.05) is 25.4 Å². The molecule has 0 bridgehead atoms. The normalized spacial score (nSPS) is 17.7. The summed E-state index contributed by atoms with van der Waals surface area (Å²) in [6, 6.07) is 5.43. The van der Waals surface area contributed by atoms with Crippen LogP contribution in [-0.4, -0.2) is 4.98 Å². The first kappa shape index (κ1) is 11.8. The van der Waals surface area contributed by atoms with Gasteiger partial charge >= 0.3 is 0 Å². The summed E-state index contributed by atoms with van der Waals surface area (Å²) < 4.78 is 0. The number of hydrogen-bond donors (Lipinski definition) is 1. The van der Waals surface area contributed by atoms with E-state index in [0.29, 0.717) is 5.02 Å². The second kappa shape index (κ2) is 3.86. The van der Waals surface area contributed by atoms with Crippen molar-refractivity contribution in [2.24, 2.45) is 5.41 Å². The van der Waals surface area contributed by atoms with Crippen LogP contribution in [-0.2, 0) is 12.8 Å². The molecule has 94 valence electrons. The summed E-state index contributed by atoms with van der Waals surface area (Å²) in [5, 5.41) is 1.41. The van der Waals surface area contributed by atoms with Crippen LogP contribution in [0, 0.1) is 5.41 Å². The number of benzene rings is 1. The number of rotatable bonds is 0. The average Bonchev–Trinajstić information content (AvgIpc) is 2.30. The van der Waals surface area contributed by atoms with Gasteiger partial charge in [0.25, 0.3) is 0 Å². The Hall–Kier alpha value is -1.28. The Labute approximate surface area is 111 Å². The molecule has 1 heterocycles. The maximum Gasteiger partial charge on any atom is 0.192 e. The van der Waals surface area contributed by atoms with Crippen LogP contribution in [0.3, 0.4) is 0 Å². The van der Waals surface area contributed by atoms with Crippen molar-refractivity contribution in [3.05, 3.63) is 44.7 Å². The molecule has 0 aliphatic heterocycles. The topological polar surface area (TPSA) is 32.9 Å². The molecule has 0 spiro atoms. The molecule has 0 saturated heterocycles. The fraction of sp³-hybridized carbons (Fsp3) is 0.400. The number of pyridine rings is 1. The van der Waals surface area contributed by atoms with Gasteiger partial charge in [-0.2, -0.15) is 0 Å². The Bertz CT molecular complexity index is 685. The van der Waals surface area contributed by atoms with E-state index in [1.165, 1.54) is 0 Å². The third kappa shape index (κ3) is 1.85. The first-order valence-corrected chi connectivity index (χ1v) is 6.67. The molecule has 0 unspecified atom stereocenters. The van der Waals surface area contributed by atoms with E-state index in [1.807, 2.05) is 12.1 Å². The number of halogens is 1. The minimum atomic E-state index is 0.170. The molecule has 0 amide bonds. The van der Waals surface area contributed by atoms with Gasteiger partial charge in [0.1, 0.15) is 0 Å². The van der Waals surface area contributed by atoms with E-state index >= 15 is 0 Å². The van der Waals surface area contributed by atoms with Gasteiger partial charge in [-0.05, 0) is 42.9 Å². The highest BCUT2D eigenvalue weighted by Gasteiger charge is 2.27. The largest absolute Gasteiger partial charge is 0.358 e. The number of hydrogen-bond acceptors (Lipinski definition) is 1. The van der Waals surface area contributed by atoms with Gasteiger partial charge in [-0.15, -0.1) is 0 Å². The first-order chi connectivity index (χ1) is 8.46. The highest BCUT2D eigenvalue weighted by atomic mass is 35.5. The van der Waals surface area contributed by atoms with Crippen LogP contribution in [0.2, 0.25) is 5.02 Å². The second-order valence-corrected chi connectivity index (χ2v) is 6.38. The van der Waals surface area contributed by atoms with Crippen molar-refractivity contribution in [2.45, 2.75) is 33.1 Å². The van der Waals surface area contributed by atoms with Crippen LogP contribution >= 0.6 is 11.6 Å². The zero-order valence-corrected chi connectivity index (χ0v) is 11.4. The summed E-state index contributed by atoms with van der Waals surface area (Å²) in [6.45, 7) is 4.45. The number of aromatic nitrogens is 1. The van der Waals surface area contributed by atoms with E-state index in [1.54, 1.807) is 6.07 Å². The lowest BCUT2D eigenvalue weighted by atomic mass is 9.75. The Morgan fingerprint density at radius 1 is 1.33 bits per heavy atom. The van der Waals surface area contributed by atoms with E-state index < -0.39 is 0 Å². The minimum absolute atomic E-state index is 0.170. The lowest BCUT2D eigenvalue weighted by molar-refractivity contribution is 0.312. The summed E-state index contributed by atoms with van der Waals surface area (Å²) in [4.78, 5) is 15.9. The van der Waals surface area contributed by atoms with E-state index in [0.717, 1.165) is 41.4 Å². The smallest absolute Gasteiger partial charge is 0.192 e. The van der Waals surface area contributed by atoms with E-state index in [-0.39, 0.29) is 10.8 Å². The predicted molar refractivity (Wildman–Crippen MR) is 75.4 cm³/mol. The molecular weight excluding hydrogens is 246 g/mol. The fourth-order valence-electron chi connectivity index (χ4n) is 2.79. The van der Waals surface area contributed by atoms with Gasteiger partial charge in [0, 0.05) is 21.7 Å². The van der Waals surface area contributed by atoms with Crippen LogP contribution in [0.5, 0.6) is 0 Å². The Kier molecular flexibility index (Phi) is 2.53. The maximum absolute atomic E-state index is 12.5. The molecule has 2 aromatic rings. The molecule has 0 atom stereocenters. The van der Waals surface area contributed by atoms with Crippen LogP contribution in [0.15, 0.2) is 23.0 Å². The first-order valence-electron chi connectivity index (χ1n) is 6.30. The standard InChI is InChI=1S/C15H16ClNO/c1-15(2)6-5-12-11(8-15)14(18)10-4-3-9(16)7-13(10)17-12/h3-4,7H,5-6,8H2,1-2H3,(H,17,18). The molecular formula is C15H16ClNO. The molecule has 3 rings (SSSR count). The minimum Gasteiger partial charge on any atom is -0.358 e. The van der Waals surface area contributed by atoms with Crippen LogP contribution in [0.1, 0.15) is 31.5 Å². The third-order valence-electron chi connectivity index (χ3n) is 3.86. The molecule has 1 aromatic carbocycles. The van der Waals surface area contributed by atoms with Gasteiger partial charge in [0.05, 0.1) is 5.52 Å². The summed E-state index contributed by atoms with van der Waals surface area (Å²) in [6.07, 6.45) is 2.91. The Morgan fingerprint density at radius 3 is 2.89 bits per heavy atom. The number of aromatic amines is 1. The van der Waals surface area contributed by atoms with Crippen molar-refractivity contribution in [3.63, 3.8) is 0 Å². The molecule has 18 heavy (non-hydrogen) atoms. The fourth-order valence-corrected chi connectivity index (χ4v) is 2.96. The van der Waals surface area contributed by atoms with Crippen molar-refractivity contribution in [1.82, 2.24) is 4.98 Å². The molecule has 1 aliphatic carbocycles. The highest BCUT2D eigenvalue weighted by Crippen LogP contribution is 2.33. The van der Waals surface area contributed by atoms with Gasteiger partial charge in [0.2, 0.25) is 0 Å². The van der Waals surface area contributed by atoms with Gasteiger partial charge in [0.15, 0.2) is 5.43 Å². The molecule has 1 aliphatic rings. The van der Waals surface area contributed by atoms with Crippen LogP contribution in [0.4, 0.5) is 0 Å². The molecule has 3 heteroatoms. The molecule has 0 saturated carbocycles. The summed E-state index contributed by atoms with van der Waals surface area (Å²) in [5.74, 6) is 0. The molecule has 0 radical (unpaired) electrons. The second-order valence-electron chi connectivity index (χ2n) is 5.94. The number of H-pyrrole nitrogens is 1. The monoisotopic (exact) mass is 261 g/mol. The predicted octanol–water partition coefficient (Wildman–Crippen LogP) is 3.70. The molecule has 2 nitrogen and oxygen atoms in total. The molecule has 1 aromatic heterocycles. The van der Waals surface area contributed by atoms with Crippen molar-refractivity contribution in [1.29, 1.82) is 0 Å². The van der Waals surface area contributed by atoms with Gasteiger partial charge in [-0.25, -0.2) is 0 Å². The SMILES string of the molecule is CC1(C)CCc2[nH]c3cc(Cl)ccc3c(=O)c2C1. The van der Waals surface area contributed by atoms with E-state index in [2.05, 4.69) is 18.8 Å². The zero-order valence-electron chi connectivity index (χ0n) is 10.6. The Morgan fingerprint density at radius 2 is 2.11 bits per heavy atom. The van der Waals surface area contributed by atoms with Crippen molar-refractivity contribution >= 4 is 22.5 Å². The van der Waals surface area contributed by atoms with Crippen molar-refractivity contribution in [2.75, 3.05) is 0 Å². The van der Waals surface area contributed by atoms with Gasteiger partial charge in [-0.3, -0.25) is 4.79 Å². The number of aryl methyl sites for hydroxylation is 1. The van der Waals surface area contributed by atoms with Crippen LogP contribution in [0.25, 0.3) is 10.9 Å². The zero-order chi connectivity index (χ0) is 12.9. The lowest BCUT2D eigenvalue weighted by Gasteiger charge is -2.30. The van der Waals surface area contributed by atoms with E-state index in [4.69, 9.17) is 11.6 Å². The maximum atomic E-state index is 12.5. The lowest BCUT2D eigenvalue weighted by Crippen LogP contribution is -2.28. The number of fused-ring (bicyclic) bond motifs is 2. The summed E-state index contributed by atoms with van der Waals surface area (Å²) in [7, 11) is 0. The van der Waals surface area contributed by atoms with Crippen LogP contribution < -0.4 is 5.43 Å². The Balaban J connectivity index is 2.30. The molecule has 0 fully saturated rings. The van der Waals surface area contributed by atoms with E-state index in [9.17, 15) is 4.79 Å². The molecule has 1 N–H and O–H groups in total. The summed E-state index contributed by atoms with van der Waals surface area (Å²) >= 11 is 5.98. The quantitative estimate of drug-likeness (QED) is 0.771.